The third-order valence-corrected chi connectivity index (χ3v) is 6.21. The molecule has 2 heterocycles. The molecule has 8 heteroatoms. The number of thiazole rings is 1. The summed E-state index contributed by atoms with van der Waals surface area (Å²) < 4.78 is 8.84. The van der Waals surface area contributed by atoms with Gasteiger partial charge in [-0.2, -0.15) is 0 Å². The molecule has 0 saturated carbocycles. The summed E-state index contributed by atoms with van der Waals surface area (Å²) in [6, 6.07) is 13.2. The van der Waals surface area contributed by atoms with Gasteiger partial charge in [-0.25, -0.2) is 4.98 Å². The number of aryl methyl sites for hydroxylation is 1. The normalized spacial score (nSPS) is 11.1. The lowest BCUT2D eigenvalue weighted by Gasteiger charge is -2.02. The van der Waals surface area contributed by atoms with Gasteiger partial charge in [-0.1, -0.05) is 35.0 Å². The Labute approximate surface area is 163 Å². The zero-order valence-corrected chi connectivity index (χ0v) is 16.2. The molecule has 0 aliphatic heterocycles. The molecular formula is C19H17N3O3S2. The fourth-order valence-corrected chi connectivity index (χ4v) is 4.76. The van der Waals surface area contributed by atoms with Gasteiger partial charge >= 0.3 is 0 Å². The van der Waals surface area contributed by atoms with E-state index in [1.54, 1.807) is 11.1 Å². The molecule has 6 nitrogen and oxygen atoms in total. The molecule has 27 heavy (non-hydrogen) atoms. The highest BCUT2D eigenvalue weighted by molar-refractivity contribution is 7.22. The molecule has 0 spiro atoms. The minimum absolute atomic E-state index is 0.0103. The summed E-state index contributed by atoms with van der Waals surface area (Å²) in [6.45, 7) is 0.530. The fourth-order valence-electron chi connectivity index (χ4n) is 2.82. The molecule has 0 bridgehead atoms. The maximum Gasteiger partial charge on any atom is 0.268 e. The molecule has 1 N–H and O–H groups in total. The summed E-state index contributed by atoms with van der Waals surface area (Å²) >= 11 is 2.85. The molecule has 4 aromatic rings. The van der Waals surface area contributed by atoms with E-state index in [2.05, 4.69) is 10.3 Å². The molecule has 0 fully saturated rings. The first kappa shape index (κ1) is 17.7. The third kappa shape index (κ3) is 3.72. The number of hydrogen-bond donors (Lipinski definition) is 1. The highest BCUT2D eigenvalue weighted by Crippen LogP contribution is 2.29. The van der Waals surface area contributed by atoms with E-state index in [4.69, 9.17) is 4.74 Å². The Morgan fingerprint density at radius 2 is 2.07 bits per heavy atom. The van der Waals surface area contributed by atoms with E-state index in [0.29, 0.717) is 24.5 Å². The lowest BCUT2D eigenvalue weighted by atomic mass is 10.3. The van der Waals surface area contributed by atoms with E-state index in [0.717, 1.165) is 26.1 Å². The van der Waals surface area contributed by atoms with Crippen LogP contribution in [0.3, 0.4) is 0 Å². The second-order valence-corrected chi connectivity index (χ2v) is 8.09. The van der Waals surface area contributed by atoms with Crippen molar-refractivity contribution in [2.45, 2.75) is 19.4 Å². The van der Waals surface area contributed by atoms with Crippen molar-refractivity contribution < 1.29 is 9.53 Å². The summed E-state index contributed by atoms with van der Waals surface area (Å²) in [5.41, 5.74) is 0.837. The predicted molar refractivity (Wildman–Crippen MR) is 110 cm³/mol. The first-order chi connectivity index (χ1) is 13.1. The van der Waals surface area contributed by atoms with Gasteiger partial charge in [0.15, 0.2) is 5.13 Å². The number of ether oxygens (including phenoxy) is 1. The van der Waals surface area contributed by atoms with Crippen LogP contribution in [0.1, 0.15) is 12.8 Å². The van der Waals surface area contributed by atoms with Crippen molar-refractivity contribution in [1.82, 2.24) is 8.94 Å². The second kappa shape index (κ2) is 7.50. The highest BCUT2D eigenvalue weighted by Gasteiger charge is 2.10. The van der Waals surface area contributed by atoms with Gasteiger partial charge < -0.3 is 10.1 Å². The van der Waals surface area contributed by atoms with Crippen LogP contribution in [-0.4, -0.2) is 22.0 Å². The Kier molecular flexibility index (Phi) is 4.91. The van der Waals surface area contributed by atoms with Crippen molar-refractivity contribution in [3.8, 4) is 5.75 Å². The van der Waals surface area contributed by atoms with Crippen molar-refractivity contribution in [1.29, 1.82) is 0 Å². The molecule has 0 aliphatic rings. The summed E-state index contributed by atoms with van der Waals surface area (Å²) in [4.78, 5) is 28.9. The lowest BCUT2D eigenvalue weighted by molar-refractivity contribution is -0.116. The van der Waals surface area contributed by atoms with Crippen LogP contribution in [0.25, 0.3) is 20.3 Å². The van der Waals surface area contributed by atoms with Crippen LogP contribution < -0.4 is 15.6 Å². The quantitative estimate of drug-likeness (QED) is 0.530. The summed E-state index contributed by atoms with van der Waals surface area (Å²) in [5, 5.41) is 4.14. The van der Waals surface area contributed by atoms with Crippen molar-refractivity contribution in [3.63, 3.8) is 0 Å². The average molecular weight is 399 g/mol. The standard InChI is InChI=1S/C19H17N3O3S2/c1-25-12-8-9-14-16(11-12)26-19(20-14)21-17(23)7-4-10-22-18(24)13-5-2-3-6-15(13)27-22/h2-3,5-6,8-9,11H,4,7,10H2,1H3,(H,20,21,23). The number of nitrogens with one attached hydrogen (secondary N) is 1. The van der Waals surface area contributed by atoms with E-state index < -0.39 is 0 Å². The van der Waals surface area contributed by atoms with E-state index >= 15 is 0 Å². The van der Waals surface area contributed by atoms with Gasteiger partial charge in [0.05, 0.1) is 27.4 Å². The number of benzene rings is 2. The van der Waals surface area contributed by atoms with Crippen molar-refractivity contribution in [3.05, 3.63) is 52.8 Å². The maximum atomic E-state index is 12.3. The minimum Gasteiger partial charge on any atom is -0.497 e. The average Bonchev–Trinajstić information content (AvgIpc) is 3.21. The molecule has 138 valence electrons. The fraction of sp³-hybridized carbons (Fsp3) is 0.211. The molecule has 0 radical (unpaired) electrons. The maximum absolute atomic E-state index is 12.3. The number of nitrogens with zero attached hydrogens (tertiary/aromatic N) is 2. The number of methoxy groups -OCH3 is 1. The van der Waals surface area contributed by atoms with Crippen LogP contribution in [-0.2, 0) is 11.3 Å². The Morgan fingerprint density at radius 1 is 1.22 bits per heavy atom. The first-order valence-electron chi connectivity index (χ1n) is 8.47. The van der Waals surface area contributed by atoms with E-state index in [1.807, 2.05) is 42.5 Å². The van der Waals surface area contributed by atoms with Crippen LogP contribution >= 0.6 is 22.9 Å². The minimum atomic E-state index is -0.102. The number of carbonyl (C=O) groups excluding carboxylic acids is 1. The molecule has 4 rings (SSSR count). The van der Waals surface area contributed by atoms with Crippen molar-refractivity contribution in [2.75, 3.05) is 12.4 Å². The van der Waals surface area contributed by atoms with Gasteiger partial charge in [-0.05, 0) is 36.8 Å². The van der Waals surface area contributed by atoms with Crippen molar-refractivity contribution in [2.24, 2.45) is 0 Å². The molecule has 0 saturated heterocycles. The molecule has 2 aromatic heterocycles. The number of rotatable bonds is 6. The number of fused-ring (bicyclic) bond motifs is 2. The van der Waals surface area contributed by atoms with Gasteiger partial charge in [0.25, 0.3) is 5.56 Å². The molecule has 0 aliphatic carbocycles. The van der Waals surface area contributed by atoms with Crippen LogP contribution in [0, 0.1) is 0 Å². The lowest BCUT2D eigenvalue weighted by Crippen LogP contribution is -2.16. The summed E-state index contributed by atoms with van der Waals surface area (Å²) in [7, 11) is 1.62. The topological polar surface area (TPSA) is 73.2 Å². The van der Waals surface area contributed by atoms with Crippen LogP contribution in [0.2, 0.25) is 0 Å². The molecule has 0 atom stereocenters. The van der Waals surface area contributed by atoms with Crippen LogP contribution in [0.15, 0.2) is 47.3 Å². The highest BCUT2D eigenvalue weighted by atomic mass is 32.1. The Balaban J connectivity index is 1.36. The van der Waals surface area contributed by atoms with Gasteiger partial charge in [-0.15, -0.1) is 0 Å². The van der Waals surface area contributed by atoms with E-state index in [-0.39, 0.29) is 11.5 Å². The van der Waals surface area contributed by atoms with Crippen LogP contribution in [0.4, 0.5) is 5.13 Å². The Morgan fingerprint density at radius 3 is 2.89 bits per heavy atom. The SMILES string of the molecule is COc1ccc2nc(NC(=O)CCCn3sc4ccccc4c3=O)sc2c1. The summed E-state index contributed by atoms with van der Waals surface area (Å²) in [6.07, 6.45) is 0.928. The largest absolute Gasteiger partial charge is 0.497 e. The number of hydrogen-bond acceptors (Lipinski definition) is 6. The van der Waals surface area contributed by atoms with Gasteiger partial charge in [-0.3, -0.25) is 13.5 Å². The number of anilines is 1. The van der Waals surface area contributed by atoms with E-state index in [1.165, 1.54) is 22.9 Å². The van der Waals surface area contributed by atoms with Gasteiger partial charge in [0, 0.05) is 13.0 Å². The van der Waals surface area contributed by atoms with E-state index in [9.17, 15) is 9.59 Å². The molecule has 0 unspecified atom stereocenters. The third-order valence-electron chi connectivity index (χ3n) is 4.16. The summed E-state index contributed by atoms with van der Waals surface area (Å²) in [5.74, 6) is 0.660. The Hall–Kier alpha value is -2.71. The zero-order chi connectivity index (χ0) is 18.8. The Bertz CT molecular complexity index is 1180. The molecule has 1 amide bonds. The molecular weight excluding hydrogens is 382 g/mol. The van der Waals surface area contributed by atoms with Crippen molar-refractivity contribution >= 4 is 54.2 Å². The zero-order valence-electron chi connectivity index (χ0n) is 14.6. The number of amides is 1. The van der Waals surface area contributed by atoms with Gasteiger partial charge in [0.2, 0.25) is 5.91 Å². The van der Waals surface area contributed by atoms with Gasteiger partial charge in [0.1, 0.15) is 5.75 Å². The monoisotopic (exact) mass is 399 g/mol. The predicted octanol–water partition coefficient (Wildman–Crippen LogP) is 4.10. The van der Waals surface area contributed by atoms with Crippen LogP contribution in [0.5, 0.6) is 5.75 Å². The number of carbonyl (C=O) groups is 1. The first-order valence-corrected chi connectivity index (χ1v) is 10.1. The molecule has 2 aromatic carbocycles. The smallest absolute Gasteiger partial charge is 0.268 e. The number of aromatic nitrogens is 2. The second-order valence-electron chi connectivity index (χ2n) is 6.00.